The van der Waals surface area contributed by atoms with Gasteiger partial charge in [-0.15, -0.1) is 0 Å². The second kappa shape index (κ2) is 9.73. The second-order valence-corrected chi connectivity index (χ2v) is 6.01. The molecule has 0 aromatic carbocycles. The van der Waals surface area contributed by atoms with E-state index in [9.17, 15) is 4.79 Å². The number of carbonyl (C=O) groups is 1. The molecule has 4 heteroatoms. The van der Waals surface area contributed by atoms with Gasteiger partial charge in [0.15, 0.2) is 0 Å². The fourth-order valence-electron chi connectivity index (χ4n) is 2.59. The maximum absolute atomic E-state index is 11.9. The maximum Gasteiger partial charge on any atom is 0.355 e. The van der Waals surface area contributed by atoms with Crippen LogP contribution >= 0.6 is 11.6 Å². The van der Waals surface area contributed by atoms with E-state index in [0.717, 1.165) is 34.7 Å². The molecule has 0 spiro atoms. The zero-order valence-electron chi connectivity index (χ0n) is 14.2. The van der Waals surface area contributed by atoms with Crippen molar-refractivity contribution in [1.82, 2.24) is 4.98 Å². The third-order valence-electron chi connectivity index (χ3n) is 3.79. The van der Waals surface area contributed by atoms with E-state index in [-0.39, 0.29) is 5.97 Å². The standard InChI is InChI=1S/C18H28ClNO2/c1-5-7-8-9-10-11-12-15(19)16-13(3)17(20-14(16)4)18(21)22-6-2/h12,20H,5-11H2,1-4H3. The van der Waals surface area contributed by atoms with Crippen molar-refractivity contribution >= 4 is 22.6 Å². The van der Waals surface area contributed by atoms with Crippen LogP contribution in [-0.4, -0.2) is 17.6 Å². The number of allylic oxidation sites excluding steroid dienone is 1. The molecule has 0 unspecified atom stereocenters. The van der Waals surface area contributed by atoms with Crippen LogP contribution < -0.4 is 0 Å². The van der Waals surface area contributed by atoms with E-state index in [1.54, 1.807) is 6.92 Å². The molecular formula is C18H28ClNO2. The summed E-state index contributed by atoms with van der Waals surface area (Å²) in [6.07, 6.45) is 9.28. The zero-order valence-corrected chi connectivity index (χ0v) is 15.0. The molecule has 1 N–H and O–H groups in total. The monoisotopic (exact) mass is 325 g/mol. The number of H-pyrrole nitrogens is 1. The van der Waals surface area contributed by atoms with Gasteiger partial charge in [0.1, 0.15) is 5.69 Å². The van der Waals surface area contributed by atoms with E-state index in [1.165, 1.54) is 25.7 Å². The van der Waals surface area contributed by atoms with Crippen LogP contribution in [-0.2, 0) is 4.74 Å². The van der Waals surface area contributed by atoms with Gasteiger partial charge in [-0.2, -0.15) is 0 Å². The lowest BCUT2D eigenvalue weighted by molar-refractivity contribution is 0.0519. The maximum atomic E-state index is 11.9. The number of hydrogen-bond acceptors (Lipinski definition) is 2. The van der Waals surface area contributed by atoms with Gasteiger partial charge in [-0.3, -0.25) is 0 Å². The molecule has 1 heterocycles. The lowest BCUT2D eigenvalue weighted by Gasteiger charge is -2.03. The van der Waals surface area contributed by atoms with Gasteiger partial charge < -0.3 is 9.72 Å². The quantitative estimate of drug-likeness (QED) is 0.464. The Kier molecular flexibility index (Phi) is 8.32. The second-order valence-electron chi connectivity index (χ2n) is 5.60. The van der Waals surface area contributed by atoms with Crippen LogP contribution in [0.1, 0.15) is 79.7 Å². The molecule has 0 saturated carbocycles. The number of halogens is 1. The lowest BCUT2D eigenvalue weighted by atomic mass is 10.1. The molecule has 0 bridgehead atoms. The molecule has 0 aliphatic heterocycles. The van der Waals surface area contributed by atoms with E-state index in [0.29, 0.717) is 12.3 Å². The smallest absolute Gasteiger partial charge is 0.355 e. The van der Waals surface area contributed by atoms with E-state index in [1.807, 2.05) is 13.8 Å². The first-order valence-electron chi connectivity index (χ1n) is 8.25. The minimum absolute atomic E-state index is 0.321. The van der Waals surface area contributed by atoms with Crippen molar-refractivity contribution in [3.63, 3.8) is 0 Å². The number of rotatable bonds is 9. The Morgan fingerprint density at radius 2 is 1.86 bits per heavy atom. The molecule has 22 heavy (non-hydrogen) atoms. The van der Waals surface area contributed by atoms with Crippen LogP contribution in [0.25, 0.3) is 5.03 Å². The number of aromatic nitrogens is 1. The third kappa shape index (κ3) is 5.20. The first-order valence-corrected chi connectivity index (χ1v) is 8.63. The van der Waals surface area contributed by atoms with Crippen LogP contribution in [0.3, 0.4) is 0 Å². The van der Waals surface area contributed by atoms with Gasteiger partial charge in [-0.25, -0.2) is 4.79 Å². The first-order chi connectivity index (χ1) is 10.5. The Balaban J connectivity index is 2.72. The van der Waals surface area contributed by atoms with E-state index in [4.69, 9.17) is 16.3 Å². The lowest BCUT2D eigenvalue weighted by Crippen LogP contribution is -2.06. The predicted octanol–water partition coefficient (Wildman–Crippen LogP) is 5.75. The van der Waals surface area contributed by atoms with Gasteiger partial charge in [0.05, 0.1) is 6.61 Å². The average molecular weight is 326 g/mol. The number of carbonyl (C=O) groups excluding carboxylic acids is 1. The Labute approximate surface area is 139 Å². The highest BCUT2D eigenvalue weighted by Gasteiger charge is 2.19. The SMILES string of the molecule is CCCCCCCC=C(Cl)c1c(C)[nH]c(C(=O)OCC)c1C. The van der Waals surface area contributed by atoms with Gasteiger partial charge in [-0.1, -0.05) is 50.3 Å². The Morgan fingerprint density at radius 1 is 1.18 bits per heavy atom. The van der Waals surface area contributed by atoms with Crippen molar-refractivity contribution in [1.29, 1.82) is 0 Å². The van der Waals surface area contributed by atoms with Gasteiger partial charge >= 0.3 is 5.97 Å². The molecule has 0 saturated heterocycles. The molecule has 0 radical (unpaired) electrons. The van der Waals surface area contributed by atoms with E-state index < -0.39 is 0 Å². The summed E-state index contributed by atoms with van der Waals surface area (Å²) < 4.78 is 5.06. The minimum Gasteiger partial charge on any atom is -0.461 e. The number of aromatic amines is 1. The van der Waals surface area contributed by atoms with Crippen LogP contribution in [0.2, 0.25) is 0 Å². The summed E-state index contributed by atoms with van der Waals surface area (Å²) in [6, 6.07) is 0. The molecule has 3 nitrogen and oxygen atoms in total. The van der Waals surface area contributed by atoms with Crippen LogP contribution in [0.5, 0.6) is 0 Å². The Hall–Kier alpha value is -1.22. The number of unbranched alkanes of at least 4 members (excludes halogenated alkanes) is 5. The fraction of sp³-hybridized carbons (Fsp3) is 0.611. The van der Waals surface area contributed by atoms with Gasteiger partial charge in [0, 0.05) is 16.3 Å². The summed E-state index contributed by atoms with van der Waals surface area (Å²) in [6.45, 7) is 8.23. The molecule has 124 valence electrons. The average Bonchev–Trinajstić information content (AvgIpc) is 2.78. The molecule has 0 fully saturated rings. The highest BCUT2D eigenvalue weighted by Crippen LogP contribution is 2.29. The number of nitrogens with one attached hydrogen (secondary N) is 1. The molecule has 0 amide bonds. The number of ether oxygens (including phenoxy) is 1. The van der Waals surface area contributed by atoms with Gasteiger partial charge in [0.2, 0.25) is 0 Å². The number of esters is 1. The molecule has 1 rings (SSSR count). The molecule has 0 aliphatic rings. The summed E-state index contributed by atoms with van der Waals surface area (Å²) in [7, 11) is 0. The zero-order chi connectivity index (χ0) is 16.5. The number of hydrogen-bond donors (Lipinski definition) is 1. The summed E-state index contributed by atoms with van der Waals surface area (Å²) >= 11 is 6.44. The summed E-state index contributed by atoms with van der Waals surface area (Å²) in [5, 5.41) is 0.720. The van der Waals surface area contributed by atoms with E-state index >= 15 is 0 Å². The summed E-state index contributed by atoms with van der Waals surface area (Å²) in [4.78, 5) is 15.0. The number of aryl methyl sites for hydroxylation is 1. The molecule has 1 aromatic rings. The van der Waals surface area contributed by atoms with Crippen molar-refractivity contribution in [3.05, 3.63) is 28.6 Å². The largest absolute Gasteiger partial charge is 0.461 e. The van der Waals surface area contributed by atoms with Crippen molar-refractivity contribution < 1.29 is 9.53 Å². The minimum atomic E-state index is -0.321. The van der Waals surface area contributed by atoms with E-state index in [2.05, 4.69) is 18.0 Å². The van der Waals surface area contributed by atoms with Crippen LogP contribution in [0.15, 0.2) is 6.08 Å². The van der Waals surface area contributed by atoms with Crippen molar-refractivity contribution in [2.75, 3.05) is 6.61 Å². The fourth-order valence-corrected chi connectivity index (χ4v) is 2.99. The van der Waals surface area contributed by atoms with Crippen molar-refractivity contribution in [2.24, 2.45) is 0 Å². The van der Waals surface area contributed by atoms with Crippen LogP contribution in [0.4, 0.5) is 0 Å². The van der Waals surface area contributed by atoms with Gasteiger partial charge in [0.25, 0.3) is 0 Å². The van der Waals surface area contributed by atoms with Crippen molar-refractivity contribution in [2.45, 2.75) is 66.2 Å². The highest BCUT2D eigenvalue weighted by molar-refractivity contribution is 6.49. The van der Waals surface area contributed by atoms with Crippen LogP contribution in [0, 0.1) is 13.8 Å². The third-order valence-corrected chi connectivity index (χ3v) is 4.13. The Bertz CT molecular complexity index is 517. The molecule has 0 aliphatic carbocycles. The van der Waals surface area contributed by atoms with Gasteiger partial charge in [-0.05, 0) is 39.2 Å². The molecule has 1 aromatic heterocycles. The topological polar surface area (TPSA) is 42.1 Å². The summed E-state index contributed by atoms with van der Waals surface area (Å²) in [5.74, 6) is -0.321. The molecular weight excluding hydrogens is 298 g/mol. The first kappa shape index (κ1) is 18.8. The predicted molar refractivity (Wildman–Crippen MR) is 93.4 cm³/mol. The van der Waals surface area contributed by atoms with Crippen molar-refractivity contribution in [3.8, 4) is 0 Å². The highest BCUT2D eigenvalue weighted by atomic mass is 35.5. The summed E-state index contributed by atoms with van der Waals surface area (Å²) in [5.41, 5.74) is 3.21. The molecule has 0 atom stereocenters. The Morgan fingerprint density at radius 3 is 2.50 bits per heavy atom. The normalized spacial score (nSPS) is 11.8.